The van der Waals surface area contributed by atoms with E-state index in [-0.39, 0.29) is 0 Å². The standard InChI is InChI=1S/C15H15NO3/c1-19-13-4-2-3-12-15(13)11(8-16-12)10(7-14(17)18)9-5-6-9/h2-4,7-9,16H,5-6H2,1H3,(H,17,18)/b10-7+. The number of carboxylic acid groups (broad SMARTS) is 1. The molecule has 2 aromatic rings. The number of allylic oxidation sites excluding steroid dienone is 1. The van der Waals surface area contributed by atoms with Gasteiger partial charge in [-0.25, -0.2) is 4.79 Å². The molecule has 0 radical (unpaired) electrons. The minimum atomic E-state index is -0.897. The van der Waals surface area contributed by atoms with E-state index in [9.17, 15) is 4.79 Å². The minimum Gasteiger partial charge on any atom is -0.496 e. The maximum absolute atomic E-state index is 11.0. The highest BCUT2D eigenvalue weighted by molar-refractivity contribution is 6.01. The molecule has 0 amide bonds. The lowest BCUT2D eigenvalue weighted by molar-refractivity contribution is -0.131. The van der Waals surface area contributed by atoms with Crippen molar-refractivity contribution in [2.45, 2.75) is 12.8 Å². The SMILES string of the molecule is COc1cccc2[nH]cc(/C(=C/C(=O)O)C3CC3)c12. The number of aromatic amines is 1. The van der Waals surface area contributed by atoms with Crippen LogP contribution in [0.5, 0.6) is 5.75 Å². The summed E-state index contributed by atoms with van der Waals surface area (Å²) in [6, 6.07) is 5.77. The number of hydrogen-bond donors (Lipinski definition) is 2. The number of aliphatic carboxylic acids is 1. The Balaban J connectivity index is 2.21. The van der Waals surface area contributed by atoms with Gasteiger partial charge >= 0.3 is 5.97 Å². The molecule has 1 aromatic heterocycles. The molecule has 1 aromatic carbocycles. The molecule has 0 saturated heterocycles. The molecule has 1 aliphatic carbocycles. The van der Waals surface area contributed by atoms with Crippen molar-refractivity contribution in [1.82, 2.24) is 4.98 Å². The van der Waals surface area contributed by atoms with E-state index < -0.39 is 5.97 Å². The molecule has 4 nitrogen and oxygen atoms in total. The lowest BCUT2D eigenvalue weighted by atomic mass is 10.00. The van der Waals surface area contributed by atoms with E-state index in [0.717, 1.165) is 40.6 Å². The first-order valence-electron chi connectivity index (χ1n) is 6.29. The van der Waals surface area contributed by atoms with Crippen LogP contribution >= 0.6 is 0 Å². The van der Waals surface area contributed by atoms with Crippen LogP contribution in [-0.4, -0.2) is 23.2 Å². The van der Waals surface area contributed by atoms with Crippen molar-refractivity contribution in [2.75, 3.05) is 7.11 Å². The van der Waals surface area contributed by atoms with Crippen LogP contribution in [0.1, 0.15) is 18.4 Å². The van der Waals surface area contributed by atoms with Gasteiger partial charge in [-0.1, -0.05) is 6.07 Å². The molecule has 0 aliphatic heterocycles. The van der Waals surface area contributed by atoms with E-state index in [1.54, 1.807) is 7.11 Å². The Bertz CT molecular complexity index is 665. The molecule has 0 atom stereocenters. The Hall–Kier alpha value is -2.23. The van der Waals surface area contributed by atoms with Crippen LogP contribution in [0.15, 0.2) is 30.5 Å². The average Bonchev–Trinajstić information content (AvgIpc) is 3.14. The molecule has 1 fully saturated rings. The fourth-order valence-corrected chi connectivity index (χ4v) is 2.49. The van der Waals surface area contributed by atoms with Gasteiger partial charge in [-0.15, -0.1) is 0 Å². The Kier molecular flexibility index (Phi) is 2.78. The van der Waals surface area contributed by atoms with Gasteiger partial charge in [-0.2, -0.15) is 0 Å². The Morgan fingerprint density at radius 1 is 1.47 bits per heavy atom. The number of carbonyl (C=O) groups is 1. The summed E-state index contributed by atoms with van der Waals surface area (Å²) >= 11 is 0. The van der Waals surface area contributed by atoms with Crippen LogP contribution in [0, 0.1) is 5.92 Å². The van der Waals surface area contributed by atoms with Gasteiger partial charge in [0.2, 0.25) is 0 Å². The van der Waals surface area contributed by atoms with Crippen molar-refractivity contribution < 1.29 is 14.6 Å². The number of nitrogens with one attached hydrogen (secondary N) is 1. The van der Waals surface area contributed by atoms with Gasteiger partial charge < -0.3 is 14.8 Å². The first kappa shape index (κ1) is 11.8. The summed E-state index contributed by atoms with van der Waals surface area (Å²) in [6.07, 6.45) is 5.31. The second kappa shape index (κ2) is 4.46. The third-order valence-electron chi connectivity index (χ3n) is 3.49. The van der Waals surface area contributed by atoms with E-state index in [0.29, 0.717) is 5.92 Å². The smallest absolute Gasteiger partial charge is 0.328 e. The van der Waals surface area contributed by atoms with Gasteiger partial charge in [-0.05, 0) is 36.5 Å². The van der Waals surface area contributed by atoms with Gasteiger partial charge in [0.05, 0.1) is 7.11 Å². The number of methoxy groups -OCH3 is 1. The lowest BCUT2D eigenvalue weighted by Gasteiger charge is -2.07. The summed E-state index contributed by atoms with van der Waals surface area (Å²) in [5, 5.41) is 10.0. The van der Waals surface area contributed by atoms with Gasteiger partial charge in [0.1, 0.15) is 5.75 Å². The fraction of sp³-hybridized carbons (Fsp3) is 0.267. The Morgan fingerprint density at radius 2 is 2.26 bits per heavy atom. The first-order valence-corrected chi connectivity index (χ1v) is 6.29. The van der Waals surface area contributed by atoms with Crippen molar-refractivity contribution in [2.24, 2.45) is 5.92 Å². The van der Waals surface area contributed by atoms with Crippen LogP contribution in [0.3, 0.4) is 0 Å². The fourth-order valence-electron chi connectivity index (χ4n) is 2.49. The van der Waals surface area contributed by atoms with Crippen molar-refractivity contribution in [3.8, 4) is 5.75 Å². The zero-order valence-electron chi connectivity index (χ0n) is 10.6. The van der Waals surface area contributed by atoms with Crippen molar-refractivity contribution in [3.63, 3.8) is 0 Å². The average molecular weight is 257 g/mol. The molecule has 4 heteroatoms. The minimum absolute atomic E-state index is 0.361. The number of rotatable bonds is 4. The summed E-state index contributed by atoms with van der Waals surface area (Å²) < 4.78 is 5.39. The number of H-pyrrole nitrogens is 1. The molecule has 1 aliphatic rings. The molecule has 0 spiro atoms. The summed E-state index contributed by atoms with van der Waals surface area (Å²) in [7, 11) is 1.63. The van der Waals surface area contributed by atoms with Crippen LogP contribution in [0.2, 0.25) is 0 Å². The largest absolute Gasteiger partial charge is 0.496 e. The lowest BCUT2D eigenvalue weighted by Crippen LogP contribution is -1.94. The zero-order valence-corrected chi connectivity index (χ0v) is 10.6. The van der Waals surface area contributed by atoms with Crippen molar-refractivity contribution in [3.05, 3.63) is 36.0 Å². The summed E-state index contributed by atoms with van der Waals surface area (Å²) in [5.74, 6) is 0.233. The topological polar surface area (TPSA) is 62.3 Å². The third kappa shape index (κ3) is 2.10. The highest BCUT2D eigenvalue weighted by atomic mass is 16.5. The van der Waals surface area contributed by atoms with E-state index in [2.05, 4.69) is 4.98 Å². The zero-order chi connectivity index (χ0) is 13.4. The van der Waals surface area contributed by atoms with E-state index in [1.807, 2.05) is 24.4 Å². The van der Waals surface area contributed by atoms with Crippen LogP contribution in [-0.2, 0) is 4.79 Å². The summed E-state index contributed by atoms with van der Waals surface area (Å²) in [5.41, 5.74) is 2.80. The van der Waals surface area contributed by atoms with Crippen LogP contribution in [0.4, 0.5) is 0 Å². The van der Waals surface area contributed by atoms with E-state index >= 15 is 0 Å². The molecular formula is C15H15NO3. The Morgan fingerprint density at radius 3 is 2.89 bits per heavy atom. The number of benzene rings is 1. The molecule has 1 saturated carbocycles. The molecule has 0 unspecified atom stereocenters. The second-order valence-electron chi connectivity index (χ2n) is 4.80. The number of carboxylic acids is 1. The predicted molar refractivity (Wildman–Crippen MR) is 73.2 cm³/mol. The molecule has 19 heavy (non-hydrogen) atoms. The number of ether oxygens (including phenoxy) is 1. The third-order valence-corrected chi connectivity index (χ3v) is 3.49. The summed E-state index contributed by atoms with van der Waals surface area (Å²) in [6.45, 7) is 0. The molecule has 0 bridgehead atoms. The highest BCUT2D eigenvalue weighted by Crippen LogP contribution is 2.45. The normalized spacial score (nSPS) is 15.7. The first-order chi connectivity index (χ1) is 9.20. The predicted octanol–water partition coefficient (Wildman–Crippen LogP) is 3.05. The molecular weight excluding hydrogens is 242 g/mol. The highest BCUT2D eigenvalue weighted by Gasteiger charge is 2.29. The van der Waals surface area contributed by atoms with Gasteiger partial charge in [0.15, 0.2) is 0 Å². The van der Waals surface area contributed by atoms with Gasteiger partial charge in [-0.3, -0.25) is 0 Å². The monoisotopic (exact) mass is 257 g/mol. The number of aromatic nitrogens is 1. The van der Waals surface area contributed by atoms with E-state index in [4.69, 9.17) is 9.84 Å². The van der Waals surface area contributed by atoms with Crippen LogP contribution < -0.4 is 4.74 Å². The van der Waals surface area contributed by atoms with Crippen molar-refractivity contribution >= 4 is 22.4 Å². The van der Waals surface area contributed by atoms with Gasteiger partial charge in [0.25, 0.3) is 0 Å². The molecule has 98 valence electrons. The number of fused-ring (bicyclic) bond motifs is 1. The molecule has 2 N–H and O–H groups in total. The quantitative estimate of drug-likeness (QED) is 0.827. The number of hydrogen-bond acceptors (Lipinski definition) is 2. The Labute approximate surface area is 110 Å². The van der Waals surface area contributed by atoms with Crippen LogP contribution in [0.25, 0.3) is 16.5 Å². The maximum atomic E-state index is 11.0. The van der Waals surface area contributed by atoms with Crippen molar-refractivity contribution in [1.29, 1.82) is 0 Å². The molecule has 1 heterocycles. The second-order valence-corrected chi connectivity index (χ2v) is 4.80. The maximum Gasteiger partial charge on any atom is 0.328 e. The summed E-state index contributed by atoms with van der Waals surface area (Å²) in [4.78, 5) is 14.2. The molecule has 3 rings (SSSR count). The van der Waals surface area contributed by atoms with Gasteiger partial charge in [0, 0.05) is 28.7 Å². The van der Waals surface area contributed by atoms with E-state index in [1.165, 1.54) is 6.08 Å².